The molecule has 100 valence electrons. The van der Waals surface area contributed by atoms with Gasteiger partial charge in [-0.2, -0.15) is 0 Å². The standard InChI is InChI=1S/C15H15BN2OS/c1-16(9-17)7-11-5-6-19-15-12(11)3-2-4-13(15)14-8-20-10-18-14/h2-4,8,10-11H,5-7H2,1H3. The van der Waals surface area contributed by atoms with Gasteiger partial charge < -0.3 is 4.74 Å². The van der Waals surface area contributed by atoms with Crippen LogP contribution in [-0.4, -0.2) is 18.3 Å². The van der Waals surface area contributed by atoms with Crippen LogP contribution in [-0.2, 0) is 0 Å². The Morgan fingerprint density at radius 3 is 3.20 bits per heavy atom. The van der Waals surface area contributed by atoms with Crippen molar-refractivity contribution >= 4 is 18.0 Å². The minimum Gasteiger partial charge on any atom is -0.493 e. The van der Waals surface area contributed by atoms with Gasteiger partial charge in [0.2, 0.25) is 0 Å². The minimum absolute atomic E-state index is 0.0777. The van der Waals surface area contributed by atoms with Crippen molar-refractivity contribution in [1.82, 2.24) is 4.98 Å². The Balaban J connectivity index is 1.99. The van der Waals surface area contributed by atoms with Crippen LogP contribution in [0.25, 0.3) is 11.3 Å². The largest absolute Gasteiger partial charge is 0.493 e. The van der Waals surface area contributed by atoms with E-state index in [0.29, 0.717) is 5.92 Å². The summed E-state index contributed by atoms with van der Waals surface area (Å²) in [6.45, 7) is 2.78. The van der Waals surface area contributed by atoms with E-state index in [-0.39, 0.29) is 6.71 Å². The van der Waals surface area contributed by atoms with Crippen molar-refractivity contribution in [3.8, 4) is 23.0 Å². The number of benzene rings is 1. The Hall–Kier alpha value is -1.80. The molecular weight excluding hydrogens is 267 g/mol. The van der Waals surface area contributed by atoms with Crippen molar-refractivity contribution in [2.75, 3.05) is 6.61 Å². The first kappa shape index (κ1) is 13.2. The second-order valence-electron chi connectivity index (χ2n) is 5.20. The van der Waals surface area contributed by atoms with Gasteiger partial charge in [-0.05, 0) is 24.0 Å². The van der Waals surface area contributed by atoms with Gasteiger partial charge in [0.05, 0.1) is 17.8 Å². The van der Waals surface area contributed by atoms with Gasteiger partial charge in [0, 0.05) is 16.9 Å². The number of thiazole rings is 1. The topological polar surface area (TPSA) is 45.9 Å². The highest BCUT2D eigenvalue weighted by molar-refractivity contribution is 7.07. The maximum atomic E-state index is 9.03. The van der Waals surface area contributed by atoms with Crippen molar-refractivity contribution in [1.29, 1.82) is 5.26 Å². The SMILES string of the molecule is CB(C#N)CC1CCOc2c(-c3cscn3)cccc21. The summed E-state index contributed by atoms with van der Waals surface area (Å²) in [6.07, 6.45) is 1.88. The monoisotopic (exact) mass is 282 g/mol. The van der Waals surface area contributed by atoms with Gasteiger partial charge in [-0.25, -0.2) is 10.2 Å². The highest BCUT2D eigenvalue weighted by Gasteiger charge is 2.26. The number of nitrogens with zero attached hydrogens (tertiary/aromatic N) is 2. The Kier molecular flexibility index (Phi) is 3.75. The van der Waals surface area contributed by atoms with E-state index in [0.717, 1.165) is 36.4 Å². The van der Waals surface area contributed by atoms with E-state index in [9.17, 15) is 0 Å². The maximum Gasteiger partial charge on any atom is 0.265 e. The molecule has 3 rings (SSSR count). The Labute approximate surface area is 123 Å². The van der Waals surface area contributed by atoms with E-state index in [2.05, 4.69) is 29.2 Å². The molecule has 0 radical (unpaired) electrons. The van der Waals surface area contributed by atoms with Crippen LogP contribution in [0.5, 0.6) is 5.75 Å². The Morgan fingerprint density at radius 2 is 2.45 bits per heavy atom. The molecule has 2 aromatic rings. The predicted octanol–water partition coefficient (Wildman–Crippen LogP) is 3.86. The number of aromatic nitrogens is 1. The molecule has 0 amide bonds. The van der Waals surface area contributed by atoms with E-state index < -0.39 is 0 Å². The Bertz CT molecular complexity index is 636. The van der Waals surface area contributed by atoms with Crippen molar-refractivity contribution in [3.05, 3.63) is 34.7 Å². The number of ether oxygens (including phenoxy) is 1. The number of para-hydroxylation sites is 1. The second kappa shape index (κ2) is 5.68. The summed E-state index contributed by atoms with van der Waals surface area (Å²) in [4.78, 5) is 4.38. The molecule has 0 spiro atoms. The first-order valence-electron chi connectivity index (χ1n) is 6.83. The molecule has 0 aliphatic carbocycles. The smallest absolute Gasteiger partial charge is 0.265 e. The second-order valence-corrected chi connectivity index (χ2v) is 5.92. The zero-order chi connectivity index (χ0) is 13.9. The molecule has 0 saturated carbocycles. The van der Waals surface area contributed by atoms with Crippen LogP contribution in [0.15, 0.2) is 29.1 Å². The van der Waals surface area contributed by atoms with Gasteiger partial charge >= 0.3 is 0 Å². The fraction of sp³-hybridized carbons (Fsp3) is 0.333. The average Bonchev–Trinajstić information content (AvgIpc) is 3.01. The summed E-state index contributed by atoms with van der Waals surface area (Å²) < 4.78 is 5.91. The van der Waals surface area contributed by atoms with E-state index in [4.69, 9.17) is 10.00 Å². The molecule has 5 heteroatoms. The van der Waals surface area contributed by atoms with Gasteiger partial charge in [-0.3, -0.25) is 0 Å². The number of hydrogen-bond donors (Lipinski definition) is 0. The number of nitriles is 1. The van der Waals surface area contributed by atoms with Gasteiger partial charge in [-0.1, -0.05) is 25.3 Å². The molecule has 1 aliphatic heterocycles. The van der Waals surface area contributed by atoms with Crippen LogP contribution in [0.4, 0.5) is 0 Å². The summed E-state index contributed by atoms with van der Waals surface area (Å²) in [5, 5.41) is 11.1. The molecule has 1 aromatic heterocycles. The van der Waals surface area contributed by atoms with Crippen LogP contribution >= 0.6 is 11.3 Å². The summed E-state index contributed by atoms with van der Waals surface area (Å²) in [5.41, 5.74) is 5.11. The van der Waals surface area contributed by atoms with Gasteiger partial charge in [-0.15, -0.1) is 11.3 Å². The molecule has 0 saturated heterocycles. The molecule has 1 aliphatic rings. The molecule has 20 heavy (non-hydrogen) atoms. The van der Waals surface area contributed by atoms with E-state index in [1.165, 1.54) is 5.56 Å². The zero-order valence-corrected chi connectivity index (χ0v) is 12.2. The lowest BCUT2D eigenvalue weighted by atomic mass is 9.48. The normalized spacial score (nSPS) is 16.9. The quantitative estimate of drug-likeness (QED) is 0.803. The first-order chi connectivity index (χ1) is 9.79. The molecule has 0 bridgehead atoms. The lowest BCUT2D eigenvalue weighted by Gasteiger charge is -2.27. The van der Waals surface area contributed by atoms with Crippen LogP contribution in [0.1, 0.15) is 17.9 Å². The minimum atomic E-state index is 0.0777. The summed E-state index contributed by atoms with van der Waals surface area (Å²) >= 11 is 1.59. The fourth-order valence-electron chi connectivity index (χ4n) is 2.77. The third kappa shape index (κ3) is 2.44. The highest BCUT2D eigenvalue weighted by Crippen LogP contribution is 2.42. The Morgan fingerprint density at radius 1 is 1.55 bits per heavy atom. The molecule has 1 aromatic carbocycles. The van der Waals surface area contributed by atoms with E-state index >= 15 is 0 Å². The highest BCUT2D eigenvalue weighted by atomic mass is 32.1. The van der Waals surface area contributed by atoms with Crippen molar-refractivity contribution in [2.24, 2.45) is 0 Å². The average molecular weight is 282 g/mol. The lowest BCUT2D eigenvalue weighted by molar-refractivity contribution is 0.273. The summed E-state index contributed by atoms with van der Waals surface area (Å²) in [7, 11) is 0. The van der Waals surface area contributed by atoms with Gasteiger partial charge in [0.15, 0.2) is 0 Å². The third-order valence-electron chi connectivity index (χ3n) is 3.76. The van der Waals surface area contributed by atoms with Crippen LogP contribution in [0.2, 0.25) is 13.1 Å². The molecule has 2 heterocycles. The van der Waals surface area contributed by atoms with E-state index in [1.807, 2.05) is 17.7 Å². The van der Waals surface area contributed by atoms with Crippen molar-refractivity contribution in [2.45, 2.75) is 25.5 Å². The number of hydrogen-bond acceptors (Lipinski definition) is 4. The summed E-state index contributed by atoms with van der Waals surface area (Å²) in [6, 6.07) is 6.25. The fourth-order valence-corrected chi connectivity index (χ4v) is 3.32. The zero-order valence-electron chi connectivity index (χ0n) is 11.4. The third-order valence-corrected chi connectivity index (χ3v) is 4.35. The van der Waals surface area contributed by atoms with Crippen LogP contribution in [0.3, 0.4) is 0 Å². The molecule has 1 atom stereocenters. The van der Waals surface area contributed by atoms with Crippen LogP contribution in [0, 0.1) is 11.2 Å². The van der Waals surface area contributed by atoms with E-state index in [1.54, 1.807) is 11.3 Å². The molecule has 0 fully saturated rings. The van der Waals surface area contributed by atoms with Gasteiger partial charge in [0.25, 0.3) is 6.71 Å². The van der Waals surface area contributed by atoms with Crippen molar-refractivity contribution < 1.29 is 4.74 Å². The first-order valence-corrected chi connectivity index (χ1v) is 7.77. The van der Waals surface area contributed by atoms with Crippen molar-refractivity contribution in [3.63, 3.8) is 0 Å². The van der Waals surface area contributed by atoms with Gasteiger partial charge in [0.1, 0.15) is 5.75 Å². The summed E-state index contributed by atoms with van der Waals surface area (Å²) in [5.74, 6) is 3.70. The molecular formula is C15H15BN2OS. The lowest BCUT2D eigenvalue weighted by Crippen LogP contribution is -2.19. The predicted molar refractivity (Wildman–Crippen MR) is 82.4 cm³/mol. The number of fused-ring (bicyclic) bond motifs is 1. The maximum absolute atomic E-state index is 9.03. The van der Waals surface area contributed by atoms with Crippen LogP contribution < -0.4 is 4.74 Å². The molecule has 1 unspecified atom stereocenters. The molecule has 3 nitrogen and oxygen atoms in total. The number of rotatable bonds is 3. The molecule has 0 N–H and O–H groups in total.